The first kappa shape index (κ1) is 8.87. The van der Waals surface area contributed by atoms with Gasteiger partial charge in [0, 0.05) is 26.5 Å². The van der Waals surface area contributed by atoms with E-state index in [1.54, 1.807) is 0 Å². The molecule has 0 bridgehead atoms. The summed E-state index contributed by atoms with van der Waals surface area (Å²) < 4.78 is 1.94. The third-order valence-corrected chi connectivity index (χ3v) is 2.24. The van der Waals surface area contributed by atoms with E-state index in [4.69, 9.17) is 5.73 Å². The maximum atomic E-state index is 6.01. The third kappa shape index (κ3) is 1.19. The summed E-state index contributed by atoms with van der Waals surface area (Å²) in [4.78, 5) is 6.35. The maximum absolute atomic E-state index is 6.01. The molecule has 0 saturated heterocycles. The van der Waals surface area contributed by atoms with Crippen LogP contribution in [0, 0.1) is 6.92 Å². The molecule has 4 nitrogen and oxygen atoms in total. The number of nitrogen functional groups attached to an aromatic ring is 1. The van der Waals surface area contributed by atoms with E-state index in [-0.39, 0.29) is 0 Å². The fraction of sp³-hybridized carbons (Fsp3) is 0.300. The van der Waals surface area contributed by atoms with Gasteiger partial charge in [-0.15, -0.1) is 0 Å². The van der Waals surface area contributed by atoms with Gasteiger partial charge in [-0.3, -0.25) is 0 Å². The Kier molecular flexibility index (Phi) is 1.84. The van der Waals surface area contributed by atoms with Gasteiger partial charge in [0.05, 0.1) is 17.1 Å². The molecule has 0 aliphatic heterocycles. The van der Waals surface area contributed by atoms with Crippen molar-refractivity contribution < 1.29 is 0 Å². The molecule has 4 heteroatoms. The highest BCUT2D eigenvalue weighted by Gasteiger charge is 2.07. The lowest BCUT2D eigenvalue weighted by molar-refractivity contribution is 1.11. The molecule has 2 aromatic heterocycles. The Balaban J connectivity index is 2.74. The summed E-state index contributed by atoms with van der Waals surface area (Å²) >= 11 is 0. The first-order valence-corrected chi connectivity index (χ1v) is 4.50. The summed E-state index contributed by atoms with van der Waals surface area (Å²) in [7, 11) is 3.94. The highest BCUT2D eigenvalue weighted by atomic mass is 15.1. The van der Waals surface area contributed by atoms with Crippen LogP contribution < -0.4 is 10.6 Å². The van der Waals surface area contributed by atoms with E-state index in [1.807, 2.05) is 48.8 Å². The molecule has 0 radical (unpaired) electrons. The van der Waals surface area contributed by atoms with Gasteiger partial charge >= 0.3 is 0 Å². The summed E-state index contributed by atoms with van der Waals surface area (Å²) in [6, 6.07) is 1.99. The largest absolute Gasteiger partial charge is 0.394 e. The minimum absolute atomic E-state index is 0.727. The lowest BCUT2D eigenvalue weighted by atomic mass is 10.3. The molecule has 0 atom stereocenters. The number of nitrogens with two attached hydrogens (primary N) is 1. The van der Waals surface area contributed by atoms with Crippen LogP contribution in [0.2, 0.25) is 0 Å². The molecule has 2 aromatic rings. The van der Waals surface area contributed by atoms with E-state index in [2.05, 4.69) is 4.98 Å². The number of hydrogen-bond acceptors (Lipinski definition) is 3. The minimum Gasteiger partial charge on any atom is -0.394 e. The first-order chi connectivity index (χ1) is 6.59. The number of aromatic nitrogens is 2. The van der Waals surface area contributed by atoms with Crippen molar-refractivity contribution in [3.63, 3.8) is 0 Å². The second-order valence-corrected chi connectivity index (χ2v) is 3.62. The van der Waals surface area contributed by atoms with Crippen LogP contribution in [0.15, 0.2) is 18.5 Å². The first-order valence-electron chi connectivity index (χ1n) is 4.50. The number of imidazole rings is 1. The molecular weight excluding hydrogens is 176 g/mol. The number of anilines is 2. The van der Waals surface area contributed by atoms with Crippen molar-refractivity contribution in [2.24, 2.45) is 0 Å². The quantitative estimate of drug-likeness (QED) is 0.737. The minimum atomic E-state index is 0.727. The van der Waals surface area contributed by atoms with Crippen LogP contribution in [-0.2, 0) is 0 Å². The zero-order chi connectivity index (χ0) is 10.3. The fourth-order valence-corrected chi connectivity index (χ4v) is 1.57. The van der Waals surface area contributed by atoms with Gasteiger partial charge in [-0.05, 0) is 13.0 Å². The van der Waals surface area contributed by atoms with E-state index < -0.39 is 0 Å². The standard InChI is InChI=1S/C10H14N4/c1-7-6-14-5-4-8(13(2)3)9(11)10(14)12-7/h4-6H,11H2,1-3H3. The van der Waals surface area contributed by atoms with Crippen molar-refractivity contribution in [1.82, 2.24) is 9.38 Å². The summed E-state index contributed by atoms with van der Waals surface area (Å²) in [5.74, 6) is 0. The molecule has 0 unspecified atom stereocenters. The molecule has 0 saturated carbocycles. The molecule has 0 fully saturated rings. The molecule has 0 amide bonds. The van der Waals surface area contributed by atoms with Gasteiger partial charge in [-0.25, -0.2) is 4.98 Å². The summed E-state index contributed by atoms with van der Waals surface area (Å²) in [6.45, 7) is 1.96. The fourth-order valence-electron chi connectivity index (χ4n) is 1.57. The zero-order valence-corrected chi connectivity index (χ0v) is 8.65. The van der Waals surface area contributed by atoms with E-state index in [1.165, 1.54) is 0 Å². The molecular formula is C10H14N4. The number of aryl methyl sites for hydroxylation is 1. The highest BCUT2D eigenvalue weighted by molar-refractivity contribution is 5.80. The van der Waals surface area contributed by atoms with Gasteiger partial charge in [0.2, 0.25) is 0 Å². The van der Waals surface area contributed by atoms with Crippen LogP contribution in [0.3, 0.4) is 0 Å². The number of fused-ring (bicyclic) bond motifs is 1. The summed E-state index contributed by atoms with van der Waals surface area (Å²) in [5.41, 5.74) is 9.55. The molecule has 74 valence electrons. The molecule has 0 spiro atoms. The van der Waals surface area contributed by atoms with E-state index in [0.717, 1.165) is 22.7 Å². The van der Waals surface area contributed by atoms with Crippen LogP contribution in [-0.4, -0.2) is 23.5 Å². The van der Waals surface area contributed by atoms with Gasteiger partial charge < -0.3 is 15.0 Å². The molecule has 2 heterocycles. The second-order valence-electron chi connectivity index (χ2n) is 3.62. The summed E-state index contributed by atoms with van der Waals surface area (Å²) in [6.07, 6.45) is 3.94. The Hall–Kier alpha value is -1.71. The lowest BCUT2D eigenvalue weighted by Gasteiger charge is -2.15. The van der Waals surface area contributed by atoms with Crippen molar-refractivity contribution in [1.29, 1.82) is 0 Å². The number of pyridine rings is 1. The molecule has 0 aliphatic carbocycles. The van der Waals surface area contributed by atoms with Crippen molar-refractivity contribution >= 4 is 17.0 Å². The van der Waals surface area contributed by atoms with Crippen LogP contribution in [0.1, 0.15) is 5.69 Å². The number of hydrogen-bond donors (Lipinski definition) is 1. The van der Waals surface area contributed by atoms with Gasteiger partial charge in [0.25, 0.3) is 0 Å². The van der Waals surface area contributed by atoms with E-state index in [0.29, 0.717) is 0 Å². The number of rotatable bonds is 1. The normalized spacial score (nSPS) is 10.8. The zero-order valence-electron chi connectivity index (χ0n) is 8.65. The van der Waals surface area contributed by atoms with Crippen LogP contribution in [0.5, 0.6) is 0 Å². The monoisotopic (exact) mass is 190 g/mol. The van der Waals surface area contributed by atoms with Crippen LogP contribution >= 0.6 is 0 Å². The Labute approximate surface area is 83.0 Å². The Morgan fingerprint density at radius 2 is 2.14 bits per heavy atom. The molecule has 2 rings (SSSR count). The predicted octanol–water partition coefficient (Wildman–Crippen LogP) is 1.29. The van der Waals surface area contributed by atoms with Crippen LogP contribution in [0.25, 0.3) is 5.65 Å². The second kappa shape index (κ2) is 2.90. The highest BCUT2D eigenvalue weighted by Crippen LogP contribution is 2.25. The van der Waals surface area contributed by atoms with Crippen molar-refractivity contribution in [3.05, 3.63) is 24.2 Å². The van der Waals surface area contributed by atoms with Gasteiger partial charge in [-0.1, -0.05) is 0 Å². The Bertz CT molecular complexity index is 470. The average Bonchev–Trinajstić information content (AvgIpc) is 2.46. The third-order valence-electron chi connectivity index (χ3n) is 2.24. The topological polar surface area (TPSA) is 46.6 Å². The van der Waals surface area contributed by atoms with Crippen molar-refractivity contribution in [3.8, 4) is 0 Å². The Morgan fingerprint density at radius 3 is 2.79 bits per heavy atom. The predicted molar refractivity (Wildman–Crippen MR) is 58.7 cm³/mol. The van der Waals surface area contributed by atoms with E-state index in [9.17, 15) is 0 Å². The molecule has 2 N–H and O–H groups in total. The molecule has 0 aromatic carbocycles. The van der Waals surface area contributed by atoms with Gasteiger partial charge in [0.1, 0.15) is 0 Å². The van der Waals surface area contributed by atoms with Crippen LogP contribution in [0.4, 0.5) is 11.4 Å². The average molecular weight is 190 g/mol. The number of nitrogens with zero attached hydrogens (tertiary/aromatic N) is 3. The smallest absolute Gasteiger partial charge is 0.162 e. The Morgan fingerprint density at radius 1 is 1.43 bits per heavy atom. The lowest BCUT2D eigenvalue weighted by Crippen LogP contribution is -2.11. The summed E-state index contributed by atoms with van der Waals surface area (Å²) in [5, 5.41) is 0. The van der Waals surface area contributed by atoms with E-state index >= 15 is 0 Å². The van der Waals surface area contributed by atoms with Gasteiger partial charge in [0.15, 0.2) is 5.65 Å². The van der Waals surface area contributed by atoms with Crippen molar-refractivity contribution in [2.75, 3.05) is 24.7 Å². The van der Waals surface area contributed by atoms with Crippen molar-refractivity contribution in [2.45, 2.75) is 6.92 Å². The SMILES string of the molecule is Cc1cn2ccc(N(C)C)c(N)c2n1. The molecule has 14 heavy (non-hydrogen) atoms. The molecule has 0 aliphatic rings. The maximum Gasteiger partial charge on any atom is 0.162 e. The van der Waals surface area contributed by atoms with Gasteiger partial charge in [-0.2, -0.15) is 0 Å².